The molecule has 0 spiro atoms. The Balaban J connectivity index is 0.000000158. The first-order valence-electron chi connectivity index (χ1n) is 9.61. The molecule has 0 amide bonds. The summed E-state index contributed by atoms with van der Waals surface area (Å²) in [6, 6.07) is 15.3. The van der Waals surface area contributed by atoms with E-state index in [2.05, 4.69) is 75.5 Å². The standard InChI is InChI=1S/C14H11.C10H12OSi.2ClH.Zr/c1-10-8-12-7-6-11-4-2-3-5-13(11)14(12)9-10;1-6-9-7-4-5-11-8(7)10(6)12(9,2)3;;;/h2-9H,1H3;4-5,10H,1-3H3;2*1H;/q;;;;+2/p-2. The van der Waals surface area contributed by atoms with Gasteiger partial charge in [-0.3, -0.25) is 0 Å². The van der Waals surface area contributed by atoms with Crippen molar-refractivity contribution in [2.75, 3.05) is 0 Å². The van der Waals surface area contributed by atoms with Crippen LogP contribution in [-0.4, -0.2) is 8.07 Å². The summed E-state index contributed by atoms with van der Waals surface area (Å²) in [5.41, 5.74) is 8.20. The summed E-state index contributed by atoms with van der Waals surface area (Å²) >= 11 is 1.60. The smallest absolute Gasteiger partial charge is 1.00 e. The van der Waals surface area contributed by atoms with E-state index < -0.39 is 8.07 Å². The topological polar surface area (TPSA) is 13.1 Å². The van der Waals surface area contributed by atoms with Gasteiger partial charge in [-0.25, -0.2) is 0 Å². The average molecular weight is 518 g/mol. The number of furan rings is 1. The third-order valence-electron chi connectivity index (χ3n) is 6.56. The van der Waals surface area contributed by atoms with E-state index in [4.69, 9.17) is 4.42 Å². The van der Waals surface area contributed by atoms with Crippen LogP contribution in [0.3, 0.4) is 0 Å². The summed E-state index contributed by atoms with van der Waals surface area (Å²) < 4.78 is 6.21. The van der Waals surface area contributed by atoms with Crippen LogP contribution in [0.1, 0.15) is 45.5 Å². The molecule has 0 N–H and O–H groups in total. The van der Waals surface area contributed by atoms with Gasteiger partial charge in [-0.2, -0.15) is 0 Å². The number of hydrogen-bond donors (Lipinski definition) is 0. The van der Waals surface area contributed by atoms with Crippen LogP contribution in [0.25, 0.3) is 22.0 Å². The molecule has 0 radical (unpaired) electrons. The zero-order chi connectivity index (χ0) is 18.9. The molecule has 1 aromatic heterocycles. The Bertz CT molecular complexity index is 1160. The second-order valence-electron chi connectivity index (χ2n) is 8.52. The Morgan fingerprint density at radius 1 is 0.966 bits per heavy atom. The molecule has 4 aliphatic rings. The van der Waals surface area contributed by atoms with Gasteiger partial charge in [0.25, 0.3) is 0 Å². The SMILES string of the molecule is CC1=C2c3ccoc3C1[Si]2(C)C.CC1=Cc2c(ccc3ccccc23)[CH]1[Zr+2].[Cl-].[Cl-]. The molecule has 2 unspecified atom stereocenters. The van der Waals surface area contributed by atoms with E-state index >= 15 is 0 Å². The molecule has 147 valence electrons. The first kappa shape index (κ1) is 22.8. The van der Waals surface area contributed by atoms with Crippen LogP contribution < -0.4 is 24.8 Å². The zero-order valence-corrected chi connectivity index (χ0v) is 22.0. The molecule has 5 heteroatoms. The van der Waals surface area contributed by atoms with Gasteiger partial charge in [-0.05, 0) is 18.2 Å². The van der Waals surface area contributed by atoms with E-state index in [9.17, 15) is 0 Å². The Morgan fingerprint density at radius 2 is 1.69 bits per heavy atom. The normalized spacial score (nSPS) is 21.8. The predicted octanol–water partition coefficient (Wildman–Crippen LogP) is 0.803. The number of benzene rings is 2. The molecule has 2 aromatic carbocycles. The van der Waals surface area contributed by atoms with E-state index in [1.807, 2.05) is 6.26 Å². The van der Waals surface area contributed by atoms with Crippen LogP contribution in [0.4, 0.5) is 0 Å². The average Bonchev–Trinajstić information content (AvgIpc) is 3.33. The molecule has 7 rings (SSSR count). The van der Waals surface area contributed by atoms with Crippen molar-refractivity contribution in [2.45, 2.75) is 36.1 Å². The van der Waals surface area contributed by atoms with Crippen molar-refractivity contribution in [2.24, 2.45) is 0 Å². The number of fused-ring (bicyclic) bond motifs is 3. The minimum absolute atomic E-state index is 0. The maximum absolute atomic E-state index is 5.53. The van der Waals surface area contributed by atoms with Gasteiger partial charge in [-0.1, -0.05) is 18.7 Å². The molecule has 0 saturated heterocycles. The third-order valence-corrected chi connectivity index (χ3v) is 12.5. The van der Waals surface area contributed by atoms with Gasteiger partial charge < -0.3 is 29.2 Å². The Kier molecular flexibility index (Phi) is 6.30. The largest absolute Gasteiger partial charge is 1.00 e. The number of hydrogen-bond acceptors (Lipinski definition) is 1. The first-order valence-corrected chi connectivity index (χ1v) is 14.1. The molecule has 2 bridgehead atoms. The fourth-order valence-electron chi connectivity index (χ4n) is 5.38. The van der Waals surface area contributed by atoms with Gasteiger partial charge in [0.1, 0.15) is 5.76 Å². The van der Waals surface area contributed by atoms with Gasteiger partial charge in [-0.15, -0.1) is 0 Å². The quantitative estimate of drug-likeness (QED) is 0.403. The van der Waals surface area contributed by atoms with Gasteiger partial charge in [0.2, 0.25) is 0 Å². The summed E-state index contributed by atoms with van der Waals surface area (Å²) in [4.78, 5) is 0. The zero-order valence-electron chi connectivity index (χ0n) is 17.0. The van der Waals surface area contributed by atoms with Crippen molar-refractivity contribution >= 4 is 30.1 Å². The van der Waals surface area contributed by atoms with E-state index in [-0.39, 0.29) is 24.8 Å². The first-order chi connectivity index (χ1) is 12.9. The van der Waals surface area contributed by atoms with Crippen molar-refractivity contribution < 1.29 is 54.0 Å². The molecular weight excluding hydrogens is 494 g/mol. The third kappa shape index (κ3) is 3.21. The molecular formula is C24H23Cl2OSiZr. The summed E-state index contributed by atoms with van der Waals surface area (Å²) in [5.74, 6) is 1.26. The Labute approximate surface area is 201 Å². The van der Waals surface area contributed by atoms with Crippen molar-refractivity contribution in [1.82, 2.24) is 0 Å². The van der Waals surface area contributed by atoms with Gasteiger partial charge >= 0.3 is 105 Å². The minimum atomic E-state index is -1.08. The van der Waals surface area contributed by atoms with E-state index in [1.165, 1.54) is 38.8 Å². The summed E-state index contributed by atoms with van der Waals surface area (Å²) in [6.07, 6.45) is 4.19. The van der Waals surface area contributed by atoms with Crippen molar-refractivity contribution in [1.29, 1.82) is 0 Å². The summed E-state index contributed by atoms with van der Waals surface area (Å²) in [5, 5.41) is 4.42. The number of rotatable bonds is 0. The van der Waals surface area contributed by atoms with Crippen molar-refractivity contribution in [3.05, 3.63) is 82.3 Å². The number of halogens is 2. The van der Waals surface area contributed by atoms with Crippen LogP contribution in [0.15, 0.2) is 64.3 Å². The van der Waals surface area contributed by atoms with Crippen LogP contribution >= 0.6 is 0 Å². The molecule has 2 atom stereocenters. The van der Waals surface area contributed by atoms with Gasteiger partial charge in [0.05, 0.1) is 14.3 Å². The van der Waals surface area contributed by atoms with Crippen LogP contribution in [-0.2, 0) is 24.7 Å². The maximum Gasteiger partial charge on any atom is -1.00 e. The molecule has 3 heterocycles. The molecule has 3 aromatic rings. The van der Waals surface area contributed by atoms with Crippen molar-refractivity contribution in [3.8, 4) is 0 Å². The second kappa shape index (κ2) is 8.00. The van der Waals surface area contributed by atoms with Gasteiger partial charge in [0.15, 0.2) is 0 Å². The molecule has 0 fully saturated rings. The fraction of sp³-hybridized carbons (Fsp3) is 0.250. The number of allylic oxidation sites excluding steroid dienone is 2. The molecule has 2 aliphatic carbocycles. The van der Waals surface area contributed by atoms with E-state index in [1.54, 1.807) is 35.5 Å². The van der Waals surface area contributed by atoms with E-state index in [0.29, 0.717) is 9.17 Å². The molecule has 1 nitrogen and oxygen atoms in total. The van der Waals surface area contributed by atoms with Crippen LogP contribution in [0, 0.1) is 0 Å². The maximum atomic E-state index is 5.53. The Morgan fingerprint density at radius 3 is 2.38 bits per heavy atom. The summed E-state index contributed by atoms with van der Waals surface area (Å²) in [6.45, 7) is 9.38. The minimum Gasteiger partial charge on any atom is -1.00 e. The Hall–Kier alpha value is -0.860. The fourth-order valence-corrected chi connectivity index (χ4v) is 10.4. The molecule has 29 heavy (non-hydrogen) atoms. The monoisotopic (exact) mass is 515 g/mol. The second-order valence-corrected chi connectivity index (χ2v) is 14.5. The molecule has 2 aliphatic heterocycles. The van der Waals surface area contributed by atoms with Gasteiger partial charge in [0, 0.05) is 11.1 Å². The van der Waals surface area contributed by atoms with Crippen LogP contribution in [0.2, 0.25) is 13.1 Å². The van der Waals surface area contributed by atoms with E-state index in [0.717, 1.165) is 0 Å². The van der Waals surface area contributed by atoms with Crippen molar-refractivity contribution in [3.63, 3.8) is 0 Å². The summed E-state index contributed by atoms with van der Waals surface area (Å²) in [7, 11) is -1.08. The molecule has 0 saturated carbocycles. The van der Waals surface area contributed by atoms with Crippen LogP contribution in [0.5, 0.6) is 0 Å². The predicted molar refractivity (Wildman–Crippen MR) is 112 cm³/mol.